The highest BCUT2D eigenvalue weighted by Gasteiger charge is 2.16. The third-order valence-corrected chi connectivity index (χ3v) is 5.44. The first kappa shape index (κ1) is 18.1. The minimum atomic E-state index is -0.451. The molecule has 0 radical (unpaired) electrons. The molecular formula is C19H20N4O2S. The van der Waals surface area contributed by atoms with Gasteiger partial charge in [0, 0.05) is 54.1 Å². The molecule has 1 heterocycles. The van der Waals surface area contributed by atoms with Crippen LogP contribution >= 0.6 is 11.8 Å². The summed E-state index contributed by atoms with van der Waals surface area (Å²) in [7, 11) is 0. The summed E-state index contributed by atoms with van der Waals surface area (Å²) in [5, 5.41) is 23.5. The molecule has 0 aliphatic carbocycles. The SMILES string of the molecule is Cc1c(NCc2ccc(N3CCSCC3)cc2)cc(C#N)cc1[N+](=O)[O-]. The van der Waals surface area contributed by atoms with E-state index < -0.39 is 4.92 Å². The van der Waals surface area contributed by atoms with Gasteiger partial charge < -0.3 is 10.2 Å². The molecule has 0 saturated carbocycles. The highest BCUT2D eigenvalue weighted by molar-refractivity contribution is 7.99. The number of nitriles is 1. The summed E-state index contributed by atoms with van der Waals surface area (Å²) in [5.41, 5.74) is 3.72. The van der Waals surface area contributed by atoms with Gasteiger partial charge in [0.25, 0.3) is 5.69 Å². The number of anilines is 2. The Morgan fingerprint density at radius 1 is 1.27 bits per heavy atom. The largest absolute Gasteiger partial charge is 0.381 e. The van der Waals surface area contributed by atoms with E-state index in [1.54, 1.807) is 13.0 Å². The van der Waals surface area contributed by atoms with Crippen LogP contribution in [-0.4, -0.2) is 29.5 Å². The third-order valence-electron chi connectivity index (χ3n) is 4.50. The van der Waals surface area contributed by atoms with Crippen LogP contribution < -0.4 is 10.2 Å². The Bertz CT molecular complexity index is 840. The molecular weight excluding hydrogens is 348 g/mol. The number of hydrogen-bond donors (Lipinski definition) is 1. The smallest absolute Gasteiger partial charge is 0.275 e. The van der Waals surface area contributed by atoms with Gasteiger partial charge in [0.15, 0.2) is 0 Å². The van der Waals surface area contributed by atoms with Gasteiger partial charge in [0.05, 0.1) is 16.6 Å². The number of benzene rings is 2. The van der Waals surface area contributed by atoms with Gasteiger partial charge in [-0.2, -0.15) is 17.0 Å². The lowest BCUT2D eigenvalue weighted by molar-refractivity contribution is -0.385. The Hall–Kier alpha value is -2.72. The van der Waals surface area contributed by atoms with Crippen molar-refractivity contribution in [2.24, 2.45) is 0 Å². The Labute approximate surface area is 157 Å². The van der Waals surface area contributed by atoms with Crippen molar-refractivity contribution in [1.82, 2.24) is 0 Å². The number of nitrogens with one attached hydrogen (secondary N) is 1. The Balaban J connectivity index is 1.72. The van der Waals surface area contributed by atoms with E-state index >= 15 is 0 Å². The molecule has 1 aliphatic rings. The molecule has 134 valence electrons. The lowest BCUT2D eigenvalue weighted by Gasteiger charge is -2.28. The Morgan fingerprint density at radius 2 is 1.96 bits per heavy atom. The van der Waals surface area contributed by atoms with Crippen molar-refractivity contribution >= 4 is 28.8 Å². The van der Waals surface area contributed by atoms with Crippen molar-refractivity contribution in [3.05, 3.63) is 63.2 Å². The van der Waals surface area contributed by atoms with Crippen molar-refractivity contribution in [2.45, 2.75) is 13.5 Å². The number of nitro benzene ring substituents is 1. The second-order valence-corrected chi connectivity index (χ2v) is 7.38. The minimum Gasteiger partial charge on any atom is -0.381 e. The van der Waals surface area contributed by atoms with E-state index in [1.165, 1.54) is 11.8 Å². The van der Waals surface area contributed by atoms with Crippen LogP contribution in [0.1, 0.15) is 16.7 Å². The van der Waals surface area contributed by atoms with Gasteiger partial charge in [0.2, 0.25) is 0 Å². The van der Waals surface area contributed by atoms with Crippen LogP contribution in [0, 0.1) is 28.4 Å². The molecule has 1 N–H and O–H groups in total. The van der Waals surface area contributed by atoms with E-state index in [1.807, 2.05) is 17.8 Å². The summed E-state index contributed by atoms with van der Waals surface area (Å²) < 4.78 is 0. The normalized spacial score (nSPS) is 13.9. The molecule has 0 unspecified atom stereocenters. The maximum atomic E-state index is 11.2. The molecule has 7 heteroatoms. The van der Waals surface area contributed by atoms with Gasteiger partial charge in [0.1, 0.15) is 0 Å². The molecule has 26 heavy (non-hydrogen) atoms. The first-order chi connectivity index (χ1) is 12.6. The zero-order valence-electron chi connectivity index (χ0n) is 14.6. The molecule has 0 atom stereocenters. The van der Waals surface area contributed by atoms with Crippen LogP contribution in [0.2, 0.25) is 0 Å². The molecule has 0 bridgehead atoms. The summed E-state index contributed by atoms with van der Waals surface area (Å²) in [6.07, 6.45) is 0. The Morgan fingerprint density at radius 3 is 2.58 bits per heavy atom. The summed E-state index contributed by atoms with van der Waals surface area (Å²) in [5.74, 6) is 2.33. The fraction of sp³-hybridized carbons (Fsp3) is 0.316. The van der Waals surface area contributed by atoms with E-state index in [0.717, 1.165) is 30.2 Å². The van der Waals surface area contributed by atoms with E-state index in [-0.39, 0.29) is 11.3 Å². The maximum absolute atomic E-state index is 11.2. The van der Waals surface area contributed by atoms with Crippen LogP contribution in [0.15, 0.2) is 36.4 Å². The number of rotatable bonds is 5. The maximum Gasteiger partial charge on any atom is 0.275 e. The molecule has 6 nitrogen and oxygen atoms in total. The fourth-order valence-corrected chi connectivity index (χ4v) is 3.88. The molecule has 3 rings (SSSR count). The minimum absolute atomic E-state index is 0.0372. The van der Waals surface area contributed by atoms with Crippen molar-refractivity contribution < 1.29 is 4.92 Å². The number of nitrogens with zero attached hydrogens (tertiary/aromatic N) is 3. The number of thioether (sulfide) groups is 1. The third kappa shape index (κ3) is 4.09. The van der Waals surface area contributed by atoms with Gasteiger partial charge >= 0.3 is 0 Å². The summed E-state index contributed by atoms with van der Waals surface area (Å²) in [6.45, 7) is 4.39. The predicted molar refractivity (Wildman–Crippen MR) is 106 cm³/mol. The Kier molecular flexibility index (Phi) is 5.64. The zero-order valence-corrected chi connectivity index (χ0v) is 15.4. The van der Waals surface area contributed by atoms with Crippen molar-refractivity contribution in [3.8, 4) is 6.07 Å². The highest BCUT2D eigenvalue weighted by atomic mass is 32.2. The second-order valence-electron chi connectivity index (χ2n) is 6.16. The second kappa shape index (κ2) is 8.11. The first-order valence-corrected chi connectivity index (χ1v) is 9.58. The standard InChI is InChI=1S/C19H20N4O2S/c1-14-18(10-16(12-20)11-19(14)23(24)25)21-13-15-2-4-17(5-3-15)22-6-8-26-9-7-22/h2-5,10-11,21H,6-9,13H2,1H3. The topological polar surface area (TPSA) is 82.2 Å². The zero-order chi connectivity index (χ0) is 18.5. The average molecular weight is 368 g/mol. The number of nitro groups is 1. The number of hydrogen-bond acceptors (Lipinski definition) is 6. The monoisotopic (exact) mass is 368 g/mol. The van der Waals surface area contributed by atoms with Gasteiger partial charge in [-0.1, -0.05) is 12.1 Å². The van der Waals surface area contributed by atoms with Gasteiger partial charge in [-0.25, -0.2) is 0 Å². The first-order valence-electron chi connectivity index (χ1n) is 8.43. The molecule has 0 spiro atoms. The van der Waals surface area contributed by atoms with Crippen LogP contribution in [-0.2, 0) is 6.54 Å². The van der Waals surface area contributed by atoms with Gasteiger partial charge in [-0.05, 0) is 30.7 Å². The molecule has 1 aliphatic heterocycles. The summed E-state index contributed by atoms with van der Waals surface area (Å²) >= 11 is 1.99. The molecule has 0 aromatic heterocycles. The summed E-state index contributed by atoms with van der Waals surface area (Å²) in [6, 6.07) is 13.3. The van der Waals surface area contributed by atoms with Crippen molar-refractivity contribution in [3.63, 3.8) is 0 Å². The molecule has 1 saturated heterocycles. The average Bonchev–Trinajstić information content (AvgIpc) is 2.68. The molecule has 2 aromatic rings. The van der Waals surface area contributed by atoms with Crippen molar-refractivity contribution in [2.75, 3.05) is 34.8 Å². The van der Waals surface area contributed by atoms with E-state index in [0.29, 0.717) is 17.8 Å². The predicted octanol–water partition coefficient (Wildman–Crippen LogP) is 3.94. The van der Waals surface area contributed by atoms with E-state index in [9.17, 15) is 10.1 Å². The van der Waals surface area contributed by atoms with Crippen LogP contribution in [0.3, 0.4) is 0 Å². The summed E-state index contributed by atoms with van der Waals surface area (Å²) in [4.78, 5) is 13.1. The van der Waals surface area contributed by atoms with E-state index in [4.69, 9.17) is 5.26 Å². The van der Waals surface area contributed by atoms with Crippen LogP contribution in [0.5, 0.6) is 0 Å². The van der Waals surface area contributed by atoms with E-state index in [2.05, 4.69) is 34.5 Å². The lowest BCUT2D eigenvalue weighted by atomic mass is 10.1. The van der Waals surface area contributed by atoms with Crippen LogP contribution in [0.25, 0.3) is 0 Å². The van der Waals surface area contributed by atoms with Crippen molar-refractivity contribution in [1.29, 1.82) is 5.26 Å². The van der Waals surface area contributed by atoms with Gasteiger partial charge in [-0.15, -0.1) is 0 Å². The highest BCUT2D eigenvalue weighted by Crippen LogP contribution is 2.28. The van der Waals surface area contributed by atoms with Crippen LogP contribution in [0.4, 0.5) is 17.1 Å². The van der Waals surface area contributed by atoms with Gasteiger partial charge in [-0.3, -0.25) is 10.1 Å². The molecule has 1 fully saturated rings. The lowest BCUT2D eigenvalue weighted by Crippen LogP contribution is -2.32. The quantitative estimate of drug-likeness (QED) is 0.636. The molecule has 2 aromatic carbocycles. The molecule has 0 amide bonds. The fourth-order valence-electron chi connectivity index (χ4n) is 2.98.